The Morgan fingerprint density at radius 3 is 2.80 bits per heavy atom. The Kier molecular flexibility index (Phi) is 4.65. The summed E-state index contributed by atoms with van der Waals surface area (Å²) in [6, 6.07) is 8.21. The number of nitrogens with zero attached hydrogens (tertiary/aromatic N) is 1. The maximum Gasteiger partial charge on any atom is 0.322 e. The summed E-state index contributed by atoms with van der Waals surface area (Å²) in [5.74, 6) is 1.00. The molecule has 0 aromatic carbocycles. The molecule has 1 fully saturated rings. The van der Waals surface area contributed by atoms with Crippen LogP contribution in [0.1, 0.15) is 16.5 Å². The van der Waals surface area contributed by atoms with Gasteiger partial charge in [0.25, 0.3) is 0 Å². The molecule has 0 bridgehead atoms. The largest absolute Gasteiger partial charge is 0.324 e. The molecule has 0 aliphatic carbocycles. The van der Waals surface area contributed by atoms with Crippen molar-refractivity contribution in [2.45, 2.75) is 11.7 Å². The summed E-state index contributed by atoms with van der Waals surface area (Å²) in [5.41, 5.74) is 0. The molecular formula is C14H16N2OS3. The van der Waals surface area contributed by atoms with E-state index < -0.39 is 0 Å². The predicted molar refractivity (Wildman–Crippen MR) is 89.0 cm³/mol. The van der Waals surface area contributed by atoms with Crippen LogP contribution < -0.4 is 5.32 Å². The van der Waals surface area contributed by atoms with Crippen LogP contribution in [-0.4, -0.2) is 29.8 Å². The van der Waals surface area contributed by atoms with E-state index in [0.29, 0.717) is 5.25 Å². The van der Waals surface area contributed by atoms with E-state index in [4.69, 9.17) is 0 Å². The van der Waals surface area contributed by atoms with Crippen molar-refractivity contribution >= 4 is 45.5 Å². The Bertz CT molecular complexity index is 539. The van der Waals surface area contributed by atoms with Crippen LogP contribution in [0.2, 0.25) is 0 Å². The van der Waals surface area contributed by atoms with E-state index in [9.17, 15) is 4.79 Å². The summed E-state index contributed by atoms with van der Waals surface area (Å²) in [6.45, 7) is 1.65. The van der Waals surface area contributed by atoms with Crippen molar-refractivity contribution < 1.29 is 4.79 Å². The first-order chi connectivity index (χ1) is 9.83. The highest BCUT2D eigenvalue weighted by molar-refractivity contribution is 7.99. The van der Waals surface area contributed by atoms with Crippen LogP contribution in [0.15, 0.2) is 35.0 Å². The molecule has 3 nitrogen and oxygen atoms in total. The van der Waals surface area contributed by atoms with Crippen molar-refractivity contribution in [3.8, 4) is 0 Å². The molecule has 106 valence electrons. The van der Waals surface area contributed by atoms with Gasteiger partial charge in [0.1, 0.15) is 0 Å². The van der Waals surface area contributed by atoms with Crippen LogP contribution in [-0.2, 0) is 0 Å². The molecule has 0 saturated carbocycles. The van der Waals surface area contributed by atoms with Crippen LogP contribution in [0.3, 0.4) is 0 Å². The van der Waals surface area contributed by atoms with Gasteiger partial charge in [-0.1, -0.05) is 6.07 Å². The van der Waals surface area contributed by atoms with Gasteiger partial charge in [-0.2, -0.15) is 11.8 Å². The monoisotopic (exact) mass is 324 g/mol. The summed E-state index contributed by atoms with van der Waals surface area (Å²) in [5, 5.41) is 8.52. The predicted octanol–water partition coefficient (Wildman–Crippen LogP) is 4.52. The summed E-state index contributed by atoms with van der Waals surface area (Å²) in [6.07, 6.45) is 1.03. The fourth-order valence-corrected chi connectivity index (χ4v) is 5.05. The van der Waals surface area contributed by atoms with Crippen molar-refractivity contribution in [2.75, 3.05) is 24.2 Å². The third kappa shape index (κ3) is 3.37. The van der Waals surface area contributed by atoms with E-state index in [-0.39, 0.29) is 6.03 Å². The summed E-state index contributed by atoms with van der Waals surface area (Å²) < 4.78 is 0. The van der Waals surface area contributed by atoms with Gasteiger partial charge >= 0.3 is 6.03 Å². The lowest BCUT2D eigenvalue weighted by Crippen LogP contribution is -2.36. The second-order valence-electron chi connectivity index (χ2n) is 4.56. The zero-order valence-electron chi connectivity index (χ0n) is 11.0. The number of thioether (sulfide) groups is 1. The highest BCUT2D eigenvalue weighted by Crippen LogP contribution is 2.36. The number of anilines is 1. The second-order valence-corrected chi connectivity index (χ2v) is 7.80. The van der Waals surface area contributed by atoms with Gasteiger partial charge in [0.2, 0.25) is 0 Å². The molecule has 20 heavy (non-hydrogen) atoms. The van der Waals surface area contributed by atoms with Crippen molar-refractivity contribution in [1.29, 1.82) is 0 Å². The number of thiophene rings is 2. The first-order valence-electron chi connectivity index (χ1n) is 6.57. The van der Waals surface area contributed by atoms with Gasteiger partial charge in [0.05, 0.1) is 5.00 Å². The first kappa shape index (κ1) is 14.0. The van der Waals surface area contributed by atoms with Crippen molar-refractivity contribution in [3.05, 3.63) is 39.9 Å². The van der Waals surface area contributed by atoms with Gasteiger partial charge in [-0.05, 0) is 35.4 Å². The van der Waals surface area contributed by atoms with Crippen molar-refractivity contribution in [2.24, 2.45) is 0 Å². The Balaban J connectivity index is 1.58. The summed E-state index contributed by atoms with van der Waals surface area (Å²) in [7, 11) is 0. The minimum atomic E-state index is 0.0277. The number of nitrogens with one attached hydrogen (secondary N) is 1. The molecule has 0 unspecified atom stereocenters. The maximum absolute atomic E-state index is 12.2. The third-order valence-electron chi connectivity index (χ3n) is 3.24. The van der Waals surface area contributed by atoms with Crippen molar-refractivity contribution in [3.63, 3.8) is 0 Å². The van der Waals surface area contributed by atoms with Gasteiger partial charge in [-0.3, -0.25) is 5.32 Å². The Morgan fingerprint density at radius 2 is 2.05 bits per heavy atom. The Hall–Kier alpha value is -0.980. The molecule has 1 aliphatic rings. The number of hydrogen-bond acceptors (Lipinski definition) is 4. The molecule has 2 aromatic heterocycles. The average Bonchev–Trinajstić information content (AvgIpc) is 3.09. The topological polar surface area (TPSA) is 32.3 Å². The number of urea groups is 1. The summed E-state index contributed by atoms with van der Waals surface area (Å²) in [4.78, 5) is 15.6. The van der Waals surface area contributed by atoms with E-state index in [0.717, 1.165) is 30.3 Å². The second kappa shape index (κ2) is 6.65. The molecule has 3 rings (SSSR count). The van der Waals surface area contributed by atoms with Crippen LogP contribution >= 0.6 is 34.4 Å². The van der Waals surface area contributed by atoms with E-state index >= 15 is 0 Å². The van der Waals surface area contributed by atoms with Gasteiger partial charge in [0, 0.05) is 29.0 Å². The average molecular weight is 324 g/mol. The molecule has 0 radical (unpaired) electrons. The molecular weight excluding hydrogens is 308 g/mol. The van der Waals surface area contributed by atoms with Crippen LogP contribution in [0.25, 0.3) is 0 Å². The lowest BCUT2D eigenvalue weighted by molar-refractivity contribution is 0.215. The molecule has 0 spiro atoms. The number of hydrogen-bond donors (Lipinski definition) is 1. The Morgan fingerprint density at radius 1 is 1.20 bits per heavy atom. The van der Waals surface area contributed by atoms with E-state index in [1.54, 1.807) is 11.3 Å². The fraction of sp³-hybridized carbons (Fsp3) is 0.357. The highest BCUT2D eigenvalue weighted by Gasteiger charge is 2.22. The van der Waals surface area contributed by atoms with Gasteiger partial charge in [0.15, 0.2) is 0 Å². The first-order valence-corrected chi connectivity index (χ1v) is 9.38. The van der Waals surface area contributed by atoms with Crippen LogP contribution in [0, 0.1) is 0 Å². The molecule has 1 aliphatic heterocycles. The summed E-state index contributed by atoms with van der Waals surface area (Å²) >= 11 is 5.33. The maximum atomic E-state index is 12.2. The number of carbonyl (C=O) groups is 1. The lowest BCUT2D eigenvalue weighted by atomic mass is 10.2. The zero-order valence-corrected chi connectivity index (χ0v) is 13.4. The highest BCUT2D eigenvalue weighted by atomic mass is 32.2. The molecule has 6 heteroatoms. The Labute approximate surface area is 131 Å². The van der Waals surface area contributed by atoms with E-state index in [1.807, 2.05) is 45.5 Å². The number of amides is 2. The molecule has 1 N–H and O–H groups in total. The van der Waals surface area contributed by atoms with Gasteiger partial charge in [-0.25, -0.2) is 4.79 Å². The minimum Gasteiger partial charge on any atom is -0.324 e. The minimum absolute atomic E-state index is 0.0277. The molecule has 1 saturated heterocycles. The standard InChI is InChI=1S/C14H16N2OS3/c17-14(15-13-4-2-9-20-13)16-6-5-12(19-10-7-16)11-3-1-8-18-11/h1-4,8-9,12H,5-7,10H2,(H,15,17)/t12-/m1/s1. The van der Waals surface area contributed by atoms with E-state index in [2.05, 4.69) is 22.8 Å². The van der Waals surface area contributed by atoms with Crippen LogP contribution in [0.5, 0.6) is 0 Å². The van der Waals surface area contributed by atoms with E-state index in [1.165, 1.54) is 4.88 Å². The molecule has 2 aromatic rings. The molecule has 3 heterocycles. The van der Waals surface area contributed by atoms with Gasteiger partial charge < -0.3 is 4.90 Å². The quantitative estimate of drug-likeness (QED) is 0.881. The number of rotatable bonds is 2. The normalized spacial score (nSPS) is 19.6. The smallest absolute Gasteiger partial charge is 0.322 e. The zero-order chi connectivity index (χ0) is 13.8. The molecule has 1 atom stereocenters. The van der Waals surface area contributed by atoms with Gasteiger partial charge in [-0.15, -0.1) is 22.7 Å². The molecule has 2 amide bonds. The lowest BCUT2D eigenvalue weighted by Gasteiger charge is -2.20. The fourth-order valence-electron chi connectivity index (χ4n) is 2.21. The van der Waals surface area contributed by atoms with Crippen molar-refractivity contribution in [1.82, 2.24) is 4.90 Å². The van der Waals surface area contributed by atoms with Crippen LogP contribution in [0.4, 0.5) is 9.80 Å². The SMILES string of the molecule is O=C(Nc1cccs1)N1CCS[C@@H](c2cccs2)CC1. The number of carbonyl (C=O) groups excluding carboxylic acids is 1. The third-order valence-corrected chi connectivity index (χ3v) is 6.47.